The van der Waals surface area contributed by atoms with Crippen LogP contribution in [-0.2, 0) is 24.3 Å². The minimum Gasteiger partial charge on any atom is -0.493 e. The second-order valence-corrected chi connectivity index (χ2v) is 9.53. The van der Waals surface area contributed by atoms with E-state index >= 15 is 0 Å². The van der Waals surface area contributed by atoms with E-state index < -0.39 is 28.5 Å². The molecule has 0 spiro atoms. The van der Waals surface area contributed by atoms with Crippen molar-refractivity contribution < 1.29 is 32.2 Å². The van der Waals surface area contributed by atoms with Crippen LogP contribution >= 0.6 is 0 Å². The molecule has 0 atom stereocenters. The number of nitrogens with one attached hydrogen (secondary N) is 1. The van der Waals surface area contributed by atoms with Crippen LogP contribution in [0.3, 0.4) is 0 Å². The van der Waals surface area contributed by atoms with Crippen LogP contribution in [0.2, 0.25) is 0 Å². The quantitative estimate of drug-likeness (QED) is 0.427. The fraction of sp³-hybridized carbons (Fsp3) is 0.333. The zero-order valence-electron chi connectivity index (χ0n) is 19.2. The first-order chi connectivity index (χ1) is 16.3. The zero-order valence-corrected chi connectivity index (χ0v) is 20.0. The Labute approximate surface area is 199 Å². The van der Waals surface area contributed by atoms with Gasteiger partial charge in [-0.3, -0.25) is 4.79 Å². The van der Waals surface area contributed by atoms with Crippen molar-refractivity contribution in [3.05, 3.63) is 54.1 Å². The van der Waals surface area contributed by atoms with Crippen molar-refractivity contribution in [3.8, 4) is 11.5 Å². The second kappa shape index (κ2) is 11.7. The van der Waals surface area contributed by atoms with Gasteiger partial charge in [-0.1, -0.05) is 18.6 Å². The van der Waals surface area contributed by atoms with Crippen molar-refractivity contribution in [1.82, 2.24) is 4.31 Å². The van der Waals surface area contributed by atoms with E-state index in [0.29, 0.717) is 35.8 Å². The Hall–Kier alpha value is -3.37. The third kappa shape index (κ3) is 6.58. The van der Waals surface area contributed by atoms with Crippen LogP contribution in [0.5, 0.6) is 11.5 Å². The molecular weight excluding hydrogens is 460 g/mol. The lowest BCUT2D eigenvalue weighted by Crippen LogP contribution is -2.35. The molecule has 182 valence electrons. The summed E-state index contributed by atoms with van der Waals surface area (Å²) < 4.78 is 42.5. The largest absolute Gasteiger partial charge is 0.493 e. The highest BCUT2D eigenvalue weighted by atomic mass is 32.2. The molecule has 1 fully saturated rings. The van der Waals surface area contributed by atoms with Crippen molar-refractivity contribution in [3.63, 3.8) is 0 Å². The smallest absolute Gasteiger partial charge is 0.331 e. The summed E-state index contributed by atoms with van der Waals surface area (Å²) in [5.74, 6) is -0.208. The van der Waals surface area contributed by atoms with Gasteiger partial charge in [0.25, 0.3) is 5.91 Å². The molecule has 2 aromatic rings. The number of esters is 1. The number of anilines is 1. The SMILES string of the molecule is COc1ccc(/C=C/C(=O)OCC(=O)Nc2cccc(S(=O)(=O)N3CCCCC3)c2)cc1OC. The highest BCUT2D eigenvalue weighted by Crippen LogP contribution is 2.28. The molecule has 1 N–H and O–H groups in total. The fourth-order valence-electron chi connectivity index (χ4n) is 3.49. The Morgan fingerprint density at radius 2 is 1.74 bits per heavy atom. The Morgan fingerprint density at radius 1 is 1.00 bits per heavy atom. The van der Waals surface area contributed by atoms with Gasteiger partial charge < -0.3 is 19.5 Å². The normalized spacial score (nSPS) is 14.5. The number of piperidine rings is 1. The predicted molar refractivity (Wildman–Crippen MR) is 127 cm³/mol. The molecular formula is C24H28N2O7S. The Morgan fingerprint density at radius 3 is 2.44 bits per heavy atom. The summed E-state index contributed by atoms with van der Waals surface area (Å²) >= 11 is 0. The van der Waals surface area contributed by atoms with Crippen LogP contribution in [0.25, 0.3) is 6.08 Å². The van der Waals surface area contributed by atoms with Crippen LogP contribution < -0.4 is 14.8 Å². The van der Waals surface area contributed by atoms with Gasteiger partial charge in [-0.2, -0.15) is 4.31 Å². The number of sulfonamides is 1. The molecule has 10 heteroatoms. The highest BCUT2D eigenvalue weighted by molar-refractivity contribution is 7.89. The Balaban J connectivity index is 1.54. The van der Waals surface area contributed by atoms with E-state index in [1.54, 1.807) is 30.3 Å². The molecule has 0 unspecified atom stereocenters. The van der Waals surface area contributed by atoms with Crippen molar-refractivity contribution in [1.29, 1.82) is 0 Å². The monoisotopic (exact) mass is 488 g/mol. The van der Waals surface area contributed by atoms with Gasteiger partial charge >= 0.3 is 5.97 Å². The average molecular weight is 489 g/mol. The number of rotatable bonds is 9. The molecule has 0 radical (unpaired) electrons. The maximum atomic E-state index is 12.8. The van der Waals surface area contributed by atoms with Gasteiger partial charge in [-0.05, 0) is 54.8 Å². The van der Waals surface area contributed by atoms with Crippen molar-refractivity contribution in [2.24, 2.45) is 0 Å². The summed E-state index contributed by atoms with van der Waals surface area (Å²) in [7, 11) is -0.580. The van der Waals surface area contributed by atoms with Crippen LogP contribution in [-0.4, -0.2) is 58.5 Å². The van der Waals surface area contributed by atoms with Gasteiger partial charge in [0.1, 0.15) is 0 Å². The van der Waals surface area contributed by atoms with Gasteiger partial charge in [-0.25, -0.2) is 13.2 Å². The van der Waals surface area contributed by atoms with Gasteiger partial charge in [0, 0.05) is 24.9 Å². The van der Waals surface area contributed by atoms with E-state index in [-0.39, 0.29) is 4.90 Å². The van der Waals surface area contributed by atoms with E-state index in [1.807, 2.05) is 0 Å². The fourth-order valence-corrected chi connectivity index (χ4v) is 5.05. The first-order valence-electron chi connectivity index (χ1n) is 10.8. The van der Waals surface area contributed by atoms with Crippen molar-refractivity contribution in [2.75, 3.05) is 39.2 Å². The third-order valence-corrected chi connectivity index (χ3v) is 7.13. The van der Waals surface area contributed by atoms with E-state index in [9.17, 15) is 18.0 Å². The summed E-state index contributed by atoms with van der Waals surface area (Å²) in [5, 5.41) is 2.56. The molecule has 0 aromatic heterocycles. The molecule has 0 aliphatic carbocycles. The predicted octanol–water partition coefficient (Wildman–Crippen LogP) is 3.07. The number of hydrogen-bond donors (Lipinski definition) is 1. The molecule has 2 aromatic carbocycles. The molecule has 0 bridgehead atoms. The number of ether oxygens (including phenoxy) is 3. The molecule has 0 saturated carbocycles. The average Bonchev–Trinajstić information content (AvgIpc) is 2.86. The minimum absolute atomic E-state index is 0.113. The van der Waals surface area contributed by atoms with Crippen molar-refractivity contribution in [2.45, 2.75) is 24.2 Å². The molecule has 1 saturated heterocycles. The summed E-state index contributed by atoms with van der Waals surface area (Å²) in [6.45, 7) is 0.468. The number of hydrogen-bond acceptors (Lipinski definition) is 7. The maximum Gasteiger partial charge on any atom is 0.331 e. The van der Waals surface area contributed by atoms with Crippen LogP contribution in [0.4, 0.5) is 5.69 Å². The minimum atomic E-state index is -3.62. The summed E-state index contributed by atoms with van der Waals surface area (Å²) in [6.07, 6.45) is 5.41. The summed E-state index contributed by atoms with van der Waals surface area (Å²) in [5.41, 5.74) is 0.991. The third-order valence-electron chi connectivity index (χ3n) is 5.24. The second-order valence-electron chi connectivity index (χ2n) is 7.60. The molecule has 1 amide bonds. The first-order valence-corrected chi connectivity index (χ1v) is 12.2. The number of methoxy groups -OCH3 is 2. The first kappa shape index (κ1) is 25.3. The van der Waals surface area contributed by atoms with E-state index in [0.717, 1.165) is 19.3 Å². The molecule has 1 aliphatic rings. The van der Waals surface area contributed by atoms with Gasteiger partial charge in [0.2, 0.25) is 10.0 Å². The van der Waals surface area contributed by atoms with Gasteiger partial charge in [0.15, 0.2) is 18.1 Å². The zero-order chi connectivity index (χ0) is 24.6. The van der Waals surface area contributed by atoms with Gasteiger partial charge in [0.05, 0.1) is 19.1 Å². The molecule has 1 aliphatic heterocycles. The summed E-state index contributed by atoms with van der Waals surface area (Å²) in [6, 6.07) is 11.2. The van der Waals surface area contributed by atoms with Crippen LogP contribution in [0.1, 0.15) is 24.8 Å². The Kier molecular flexibility index (Phi) is 8.67. The standard InChI is InChI=1S/C24H28N2O7S/c1-31-21-11-9-18(15-22(21)32-2)10-12-24(28)33-17-23(27)25-19-7-6-8-20(16-19)34(29,30)26-13-4-3-5-14-26/h6-12,15-16H,3-5,13-14,17H2,1-2H3,(H,25,27)/b12-10+. The number of amides is 1. The lowest BCUT2D eigenvalue weighted by Gasteiger charge is -2.26. The highest BCUT2D eigenvalue weighted by Gasteiger charge is 2.26. The van der Waals surface area contributed by atoms with E-state index in [1.165, 1.54) is 42.8 Å². The molecule has 1 heterocycles. The molecule has 3 rings (SSSR count). The lowest BCUT2D eigenvalue weighted by atomic mass is 10.2. The number of carbonyl (C=O) groups excluding carboxylic acids is 2. The number of nitrogens with zero attached hydrogens (tertiary/aromatic N) is 1. The lowest BCUT2D eigenvalue weighted by molar-refractivity contribution is -0.142. The number of carbonyl (C=O) groups is 2. The topological polar surface area (TPSA) is 111 Å². The molecule has 34 heavy (non-hydrogen) atoms. The van der Waals surface area contributed by atoms with Gasteiger partial charge in [-0.15, -0.1) is 0 Å². The van der Waals surface area contributed by atoms with Crippen LogP contribution in [0, 0.1) is 0 Å². The Bertz CT molecular complexity index is 1160. The van der Waals surface area contributed by atoms with E-state index in [4.69, 9.17) is 14.2 Å². The maximum absolute atomic E-state index is 12.8. The van der Waals surface area contributed by atoms with Crippen molar-refractivity contribution >= 4 is 33.7 Å². The van der Waals surface area contributed by atoms with Crippen LogP contribution in [0.15, 0.2) is 53.4 Å². The summed E-state index contributed by atoms with van der Waals surface area (Å²) in [4.78, 5) is 24.3. The molecule has 9 nitrogen and oxygen atoms in total. The number of benzene rings is 2. The van der Waals surface area contributed by atoms with E-state index in [2.05, 4.69) is 5.32 Å².